The van der Waals surface area contributed by atoms with Crippen molar-refractivity contribution >= 4 is 29.5 Å². The Kier molecular flexibility index (Phi) is 5.33. The molecule has 3 N–H and O–H groups in total. The number of carbonyl (C=O) groups is 3. The molecule has 0 bridgehead atoms. The van der Waals surface area contributed by atoms with Crippen molar-refractivity contribution in [3.8, 4) is 11.4 Å². The van der Waals surface area contributed by atoms with Crippen molar-refractivity contribution < 1.29 is 18.9 Å². The standard InChI is InChI=1S/C19H17N7O4/c27-15-5-6-16(28)26(15)11-12-1-3-14(4-2-12)21-18(29)23-24-19-22-17(25-30-19)13-7-9-20-10-8-13/h1-4,7-10H,5-6,11H2,(H2,21,23,29)(H,22,24,25). The number of amides is 4. The molecule has 1 aliphatic rings. The summed E-state index contributed by atoms with van der Waals surface area (Å²) < 4.78 is 5.02. The molecule has 0 radical (unpaired) electrons. The Morgan fingerprint density at radius 3 is 2.43 bits per heavy atom. The van der Waals surface area contributed by atoms with E-state index < -0.39 is 6.03 Å². The Morgan fingerprint density at radius 2 is 1.73 bits per heavy atom. The number of hydrazine groups is 1. The number of imide groups is 1. The van der Waals surface area contributed by atoms with Gasteiger partial charge in [0, 0.05) is 36.5 Å². The first-order valence-electron chi connectivity index (χ1n) is 9.08. The summed E-state index contributed by atoms with van der Waals surface area (Å²) in [6.45, 7) is 0.225. The van der Waals surface area contributed by atoms with Crippen LogP contribution in [0.2, 0.25) is 0 Å². The van der Waals surface area contributed by atoms with E-state index in [4.69, 9.17) is 4.52 Å². The lowest BCUT2D eigenvalue weighted by molar-refractivity contribution is -0.139. The van der Waals surface area contributed by atoms with Gasteiger partial charge in [0.15, 0.2) is 0 Å². The summed E-state index contributed by atoms with van der Waals surface area (Å²) in [6.07, 6.45) is 3.73. The Balaban J connectivity index is 1.28. The fraction of sp³-hybridized carbons (Fsp3) is 0.158. The summed E-state index contributed by atoms with van der Waals surface area (Å²) in [6, 6.07) is 9.76. The Labute approximate surface area is 170 Å². The van der Waals surface area contributed by atoms with Crippen LogP contribution in [0.1, 0.15) is 18.4 Å². The van der Waals surface area contributed by atoms with Gasteiger partial charge in [-0.1, -0.05) is 17.3 Å². The molecule has 2 aromatic heterocycles. The third kappa shape index (κ3) is 4.41. The molecule has 0 saturated carbocycles. The maximum Gasteiger partial charge on any atom is 0.340 e. The number of hydrogen-bond acceptors (Lipinski definition) is 8. The number of nitrogens with zero attached hydrogens (tertiary/aromatic N) is 4. The first-order chi connectivity index (χ1) is 14.6. The number of benzene rings is 1. The van der Waals surface area contributed by atoms with Crippen LogP contribution in [-0.2, 0) is 16.1 Å². The molecule has 4 rings (SSSR count). The van der Waals surface area contributed by atoms with E-state index in [-0.39, 0.29) is 37.2 Å². The second kappa shape index (κ2) is 8.39. The van der Waals surface area contributed by atoms with Gasteiger partial charge in [-0.2, -0.15) is 4.98 Å². The maximum atomic E-state index is 12.0. The van der Waals surface area contributed by atoms with Crippen LogP contribution in [0.5, 0.6) is 0 Å². The molecule has 1 aliphatic heterocycles. The van der Waals surface area contributed by atoms with Crippen molar-refractivity contribution in [1.82, 2.24) is 25.5 Å². The van der Waals surface area contributed by atoms with Crippen molar-refractivity contribution in [2.45, 2.75) is 19.4 Å². The summed E-state index contributed by atoms with van der Waals surface area (Å²) in [7, 11) is 0. The van der Waals surface area contributed by atoms with Crippen LogP contribution in [0.25, 0.3) is 11.4 Å². The maximum absolute atomic E-state index is 12.0. The minimum absolute atomic E-state index is 0.0206. The van der Waals surface area contributed by atoms with Crippen LogP contribution >= 0.6 is 0 Å². The molecule has 30 heavy (non-hydrogen) atoms. The number of nitrogens with one attached hydrogen (secondary N) is 3. The monoisotopic (exact) mass is 407 g/mol. The van der Waals surface area contributed by atoms with Gasteiger partial charge in [0.25, 0.3) is 0 Å². The first-order valence-corrected chi connectivity index (χ1v) is 9.08. The topological polar surface area (TPSA) is 142 Å². The van der Waals surface area contributed by atoms with E-state index in [1.807, 2.05) is 0 Å². The van der Waals surface area contributed by atoms with Gasteiger partial charge in [0.05, 0.1) is 6.54 Å². The average Bonchev–Trinajstić information content (AvgIpc) is 3.36. The number of likely N-dealkylation sites (tertiary alicyclic amines) is 1. The molecular formula is C19H17N7O4. The quantitative estimate of drug-likeness (QED) is 0.416. The number of aromatic nitrogens is 3. The zero-order valence-electron chi connectivity index (χ0n) is 15.7. The molecule has 0 spiro atoms. The van der Waals surface area contributed by atoms with Crippen LogP contribution in [0, 0.1) is 0 Å². The lowest BCUT2D eigenvalue weighted by Gasteiger charge is -2.14. The number of carbonyl (C=O) groups excluding carboxylic acids is 3. The van der Waals surface area contributed by atoms with E-state index in [1.165, 1.54) is 4.90 Å². The second-order valence-corrected chi connectivity index (χ2v) is 6.43. The van der Waals surface area contributed by atoms with Crippen LogP contribution in [0.15, 0.2) is 53.3 Å². The molecule has 3 heterocycles. The minimum atomic E-state index is -0.545. The highest BCUT2D eigenvalue weighted by atomic mass is 16.5. The zero-order valence-corrected chi connectivity index (χ0v) is 15.7. The number of hydrogen-bond donors (Lipinski definition) is 3. The molecule has 11 heteroatoms. The lowest BCUT2D eigenvalue weighted by atomic mass is 10.2. The van der Waals surface area contributed by atoms with Crippen molar-refractivity contribution in [3.63, 3.8) is 0 Å². The molecule has 0 unspecified atom stereocenters. The van der Waals surface area contributed by atoms with Gasteiger partial charge in [-0.25, -0.2) is 15.6 Å². The molecule has 1 aromatic carbocycles. The van der Waals surface area contributed by atoms with Crippen molar-refractivity contribution in [3.05, 3.63) is 54.4 Å². The van der Waals surface area contributed by atoms with Crippen LogP contribution in [0.4, 0.5) is 16.5 Å². The number of urea groups is 1. The van der Waals surface area contributed by atoms with Crippen LogP contribution in [-0.4, -0.2) is 37.9 Å². The normalized spacial score (nSPS) is 13.4. The second-order valence-electron chi connectivity index (χ2n) is 6.43. The van der Waals surface area contributed by atoms with Gasteiger partial charge in [-0.3, -0.25) is 19.5 Å². The predicted octanol–water partition coefficient (Wildman–Crippen LogP) is 1.93. The average molecular weight is 407 g/mol. The highest BCUT2D eigenvalue weighted by Gasteiger charge is 2.28. The smallest absolute Gasteiger partial charge is 0.313 e. The van der Waals surface area contributed by atoms with Gasteiger partial charge < -0.3 is 9.84 Å². The van der Waals surface area contributed by atoms with Gasteiger partial charge in [0.2, 0.25) is 17.6 Å². The molecule has 0 aliphatic carbocycles. The van der Waals surface area contributed by atoms with E-state index in [0.717, 1.165) is 11.1 Å². The number of anilines is 2. The van der Waals surface area contributed by atoms with E-state index in [9.17, 15) is 14.4 Å². The van der Waals surface area contributed by atoms with Crippen molar-refractivity contribution in [2.75, 3.05) is 10.7 Å². The van der Waals surface area contributed by atoms with Gasteiger partial charge >= 0.3 is 12.0 Å². The van der Waals surface area contributed by atoms with Crippen molar-refractivity contribution in [2.24, 2.45) is 0 Å². The molecule has 1 saturated heterocycles. The highest BCUT2D eigenvalue weighted by Crippen LogP contribution is 2.18. The van der Waals surface area contributed by atoms with Gasteiger partial charge in [-0.15, -0.1) is 0 Å². The molecule has 11 nitrogen and oxygen atoms in total. The van der Waals surface area contributed by atoms with Gasteiger partial charge in [0.1, 0.15) is 0 Å². The van der Waals surface area contributed by atoms with E-state index in [1.54, 1.807) is 48.8 Å². The third-order valence-electron chi connectivity index (χ3n) is 4.35. The molecule has 0 atom stereocenters. The lowest BCUT2D eigenvalue weighted by Crippen LogP contribution is -2.33. The van der Waals surface area contributed by atoms with Crippen LogP contribution in [0.3, 0.4) is 0 Å². The zero-order chi connectivity index (χ0) is 20.9. The minimum Gasteiger partial charge on any atom is -0.313 e. The predicted molar refractivity (Wildman–Crippen MR) is 105 cm³/mol. The largest absolute Gasteiger partial charge is 0.340 e. The number of pyridine rings is 1. The Bertz CT molecular complexity index is 1050. The molecule has 3 aromatic rings. The summed E-state index contributed by atoms with van der Waals surface area (Å²) in [4.78, 5) is 44.7. The summed E-state index contributed by atoms with van der Waals surface area (Å²) in [5, 5.41) is 6.44. The molecule has 4 amide bonds. The summed E-state index contributed by atoms with van der Waals surface area (Å²) >= 11 is 0. The van der Waals surface area contributed by atoms with Crippen molar-refractivity contribution in [1.29, 1.82) is 0 Å². The fourth-order valence-electron chi connectivity index (χ4n) is 2.84. The first kappa shape index (κ1) is 19.1. The highest BCUT2D eigenvalue weighted by molar-refractivity contribution is 6.01. The fourth-order valence-corrected chi connectivity index (χ4v) is 2.84. The molecule has 152 valence electrons. The van der Waals surface area contributed by atoms with E-state index in [2.05, 4.69) is 31.3 Å². The third-order valence-corrected chi connectivity index (χ3v) is 4.35. The molecule has 1 fully saturated rings. The Morgan fingerprint density at radius 1 is 1.03 bits per heavy atom. The molecular weight excluding hydrogens is 390 g/mol. The Hall–Kier alpha value is -4.28. The van der Waals surface area contributed by atoms with E-state index in [0.29, 0.717) is 11.5 Å². The van der Waals surface area contributed by atoms with E-state index >= 15 is 0 Å². The number of rotatable bonds is 6. The van der Waals surface area contributed by atoms with Gasteiger partial charge in [-0.05, 0) is 29.8 Å². The van der Waals surface area contributed by atoms with Crippen LogP contribution < -0.4 is 16.2 Å². The summed E-state index contributed by atoms with van der Waals surface area (Å²) in [5.74, 6) is 0.0224. The summed E-state index contributed by atoms with van der Waals surface area (Å²) in [5.41, 5.74) is 6.96. The SMILES string of the molecule is O=C(NNc1nc(-c2ccncc2)no1)Nc1ccc(CN2C(=O)CCC2=O)cc1.